The molecule has 11 nitrogen and oxygen atoms in total. The van der Waals surface area contributed by atoms with Crippen LogP contribution in [0.3, 0.4) is 0 Å². The van der Waals surface area contributed by atoms with Crippen LogP contribution in [0.2, 0.25) is 0 Å². The largest absolute Gasteiger partial charge is 0.480 e. The van der Waals surface area contributed by atoms with Gasteiger partial charge in [0.05, 0.1) is 6.42 Å². The lowest BCUT2D eigenvalue weighted by Crippen LogP contribution is -2.52. The second-order valence-corrected chi connectivity index (χ2v) is 5.77. The van der Waals surface area contributed by atoms with Gasteiger partial charge in [0.15, 0.2) is 0 Å². The molecule has 1 aromatic carbocycles. The minimum atomic E-state index is -1.50. The van der Waals surface area contributed by atoms with Gasteiger partial charge in [0.1, 0.15) is 25.2 Å². The minimum absolute atomic E-state index is 0.0313. The first kappa shape index (κ1) is 22.4. The lowest BCUT2D eigenvalue weighted by atomic mass is 10.2. The van der Waals surface area contributed by atoms with Crippen LogP contribution >= 0.6 is 0 Å². The Kier molecular flexibility index (Phi) is 8.93. The molecule has 6 N–H and O–H groups in total. The van der Waals surface area contributed by atoms with E-state index in [2.05, 4.69) is 16.0 Å². The number of carbonyl (C=O) groups is 5. The van der Waals surface area contributed by atoms with E-state index >= 15 is 0 Å². The number of hydrogen-bond donors (Lipinski definition) is 5. The third-order valence-corrected chi connectivity index (χ3v) is 3.40. The summed E-state index contributed by atoms with van der Waals surface area (Å²) in [5.41, 5.74) is 5.69. The predicted molar refractivity (Wildman–Crippen MR) is 95.6 cm³/mol. The van der Waals surface area contributed by atoms with Crippen molar-refractivity contribution in [2.24, 2.45) is 5.73 Å². The number of amides is 4. The zero-order chi connectivity index (χ0) is 21.1. The maximum Gasteiger partial charge on any atom is 0.407 e. The predicted octanol–water partition coefficient (Wildman–Crippen LogP) is -1.14. The molecular formula is C17H22N4O7. The summed E-state index contributed by atoms with van der Waals surface area (Å²) < 4.78 is 4.93. The molecule has 0 saturated carbocycles. The molecule has 2 unspecified atom stereocenters. The highest BCUT2D eigenvalue weighted by Gasteiger charge is 2.25. The number of benzene rings is 1. The highest BCUT2D eigenvalue weighted by molar-refractivity contribution is 5.92. The third kappa shape index (κ3) is 8.65. The molecule has 152 valence electrons. The van der Waals surface area contributed by atoms with E-state index < -0.39 is 54.8 Å². The van der Waals surface area contributed by atoms with Crippen LogP contribution in [0.1, 0.15) is 18.9 Å². The maximum absolute atomic E-state index is 11.9. The fourth-order valence-electron chi connectivity index (χ4n) is 1.98. The molecule has 2 atom stereocenters. The van der Waals surface area contributed by atoms with Gasteiger partial charge in [-0.15, -0.1) is 0 Å². The summed E-state index contributed by atoms with van der Waals surface area (Å²) in [7, 11) is 0. The van der Waals surface area contributed by atoms with Gasteiger partial charge < -0.3 is 31.5 Å². The molecule has 1 aromatic rings. The van der Waals surface area contributed by atoms with Crippen LogP contribution in [0.15, 0.2) is 30.3 Å². The van der Waals surface area contributed by atoms with Gasteiger partial charge in [-0.2, -0.15) is 0 Å². The van der Waals surface area contributed by atoms with Gasteiger partial charge in [-0.25, -0.2) is 9.59 Å². The second kappa shape index (κ2) is 11.2. The molecule has 0 bridgehead atoms. The van der Waals surface area contributed by atoms with Crippen LogP contribution in [0.4, 0.5) is 4.79 Å². The van der Waals surface area contributed by atoms with Crippen molar-refractivity contribution in [3.8, 4) is 0 Å². The summed E-state index contributed by atoms with van der Waals surface area (Å²) in [5.74, 6) is -3.86. The zero-order valence-electron chi connectivity index (χ0n) is 15.1. The summed E-state index contributed by atoms with van der Waals surface area (Å²) in [6.07, 6.45) is -1.40. The number of rotatable bonds is 10. The standard InChI is InChI=1S/C17H22N4O7/c1-10(15(24)21-12(16(25)26)7-13(18)22)20-14(23)8-19-17(27)28-9-11-5-3-2-4-6-11/h2-6,10,12H,7-9H2,1H3,(H2,18,22)(H,19,27)(H,20,23)(H,21,24)(H,25,26). The number of hydrogen-bond acceptors (Lipinski definition) is 6. The van der Waals surface area contributed by atoms with Gasteiger partial charge in [-0.1, -0.05) is 30.3 Å². The average Bonchev–Trinajstić information content (AvgIpc) is 2.64. The summed E-state index contributed by atoms with van der Waals surface area (Å²) in [6, 6.07) is 6.31. The van der Waals surface area contributed by atoms with Crippen LogP contribution < -0.4 is 21.7 Å². The molecule has 0 radical (unpaired) electrons. The fraction of sp³-hybridized carbons (Fsp3) is 0.353. The molecule has 0 aliphatic rings. The van der Waals surface area contributed by atoms with Crippen molar-refractivity contribution in [3.63, 3.8) is 0 Å². The van der Waals surface area contributed by atoms with E-state index in [0.717, 1.165) is 5.56 Å². The van der Waals surface area contributed by atoms with Gasteiger partial charge >= 0.3 is 12.1 Å². The summed E-state index contributed by atoms with van der Waals surface area (Å²) in [4.78, 5) is 57.1. The normalized spacial score (nSPS) is 12.2. The molecule has 28 heavy (non-hydrogen) atoms. The van der Waals surface area contributed by atoms with Crippen molar-refractivity contribution < 1.29 is 33.8 Å². The van der Waals surface area contributed by atoms with Gasteiger partial charge in [0.25, 0.3) is 0 Å². The highest BCUT2D eigenvalue weighted by Crippen LogP contribution is 2.00. The Morgan fingerprint density at radius 1 is 1.11 bits per heavy atom. The summed E-state index contributed by atoms with van der Waals surface area (Å²) >= 11 is 0. The van der Waals surface area contributed by atoms with Crippen molar-refractivity contribution in [3.05, 3.63) is 35.9 Å². The number of aliphatic carboxylic acids is 1. The molecule has 0 fully saturated rings. The van der Waals surface area contributed by atoms with Crippen molar-refractivity contribution >= 4 is 29.8 Å². The molecule has 0 spiro atoms. The topological polar surface area (TPSA) is 177 Å². The third-order valence-electron chi connectivity index (χ3n) is 3.40. The molecule has 0 aromatic heterocycles. The summed E-state index contributed by atoms with van der Waals surface area (Å²) in [5, 5.41) is 15.5. The van der Waals surface area contributed by atoms with Crippen LogP contribution in [0.25, 0.3) is 0 Å². The Balaban J connectivity index is 2.36. The van der Waals surface area contributed by atoms with Crippen LogP contribution in [0.5, 0.6) is 0 Å². The lowest BCUT2D eigenvalue weighted by Gasteiger charge is -2.18. The number of ether oxygens (including phenoxy) is 1. The molecule has 4 amide bonds. The van der Waals surface area contributed by atoms with E-state index in [4.69, 9.17) is 15.6 Å². The van der Waals surface area contributed by atoms with Crippen LogP contribution in [-0.2, 0) is 30.5 Å². The van der Waals surface area contributed by atoms with Crippen molar-refractivity contribution in [1.82, 2.24) is 16.0 Å². The first-order valence-corrected chi connectivity index (χ1v) is 8.24. The first-order chi connectivity index (χ1) is 13.2. The quantitative estimate of drug-likeness (QED) is 0.333. The second-order valence-electron chi connectivity index (χ2n) is 5.77. The summed E-state index contributed by atoms with van der Waals surface area (Å²) in [6.45, 7) is 0.891. The molecule has 0 heterocycles. The fourth-order valence-corrected chi connectivity index (χ4v) is 1.98. The molecule has 0 aliphatic carbocycles. The van der Waals surface area contributed by atoms with E-state index in [1.54, 1.807) is 24.3 Å². The SMILES string of the molecule is CC(NC(=O)CNC(=O)OCc1ccccc1)C(=O)NC(CC(N)=O)C(=O)O. The molecule has 11 heteroatoms. The number of carboxylic acids is 1. The minimum Gasteiger partial charge on any atom is -0.480 e. The smallest absolute Gasteiger partial charge is 0.407 e. The zero-order valence-corrected chi connectivity index (χ0v) is 15.1. The van der Waals surface area contributed by atoms with Gasteiger partial charge in [0, 0.05) is 0 Å². The van der Waals surface area contributed by atoms with Crippen LogP contribution in [0, 0.1) is 0 Å². The Morgan fingerprint density at radius 3 is 2.32 bits per heavy atom. The van der Waals surface area contributed by atoms with Gasteiger partial charge in [-0.3, -0.25) is 14.4 Å². The van der Waals surface area contributed by atoms with E-state index in [0.29, 0.717) is 0 Å². The Morgan fingerprint density at radius 2 is 1.75 bits per heavy atom. The van der Waals surface area contributed by atoms with E-state index in [-0.39, 0.29) is 6.61 Å². The van der Waals surface area contributed by atoms with E-state index in [9.17, 15) is 24.0 Å². The molecular weight excluding hydrogens is 372 g/mol. The Labute approximate surface area is 160 Å². The number of carboxylic acid groups (broad SMARTS) is 1. The number of nitrogens with two attached hydrogens (primary N) is 1. The Bertz CT molecular complexity index is 723. The van der Waals surface area contributed by atoms with Gasteiger partial charge in [0.2, 0.25) is 17.7 Å². The number of primary amides is 1. The Hall–Kier alpha value is -3.63. The van der Waals surface area contributed by atoms with Gasteiger partial charge in [-0.05, 0) is 12.5 Å². The monoisotopic (exact) mass is 394 g/mol. The molecule has 0 saturated heterocycles. The number of carbonyl (C=O) groups excluding carboxylic acids is 4. The van der Waals surface area contributed by atoms with E-state index in [1.807, 2.05) is 6.07 Å². The van der Waals surface area contributed by atoms with Crippen molar-refractivity contribution in [2.75, 3.05) is 6.54 Å². The number of nitrogens with one attached hydrogen (secondary N) is 3. The molecule has 0 aliphatic heterocycles. The first-order valence-electron chi connectivity index (χ1n) is 8.24. The average molecular weight is 394 g/mol. The number of alkyl carbamates (subject to hydrolysis) is 1. The van der Waals surface area contributed by atoms with Crippen LogP contribution in [-0.4, -0.2) is 53.5 Å². The molecule has 1 rings (SSSR count). The van der Waals surface area contributed by atoms with E-state index in [1.165, 1.54) is 6.92 Å². The van der Waals surface area contributed by atoms with Crippen molar-refractivity contribution in [2.45, 2.75) is 32.0 Å². The maximum atomic E-state index is 11.9. The van der Waals surface area contributed by atoms with Crippen molar-refractivity contribution in [1.29, 1.82) is 0 Å². The lowest BCUT2D eigenvalue weighted by molar-refractivity contribution is -0.143. The highest BCUT2D eigenvalue weighted by atomic mass is 16.5.